The highest BCUT2D eigenvalue weighted by atomic mass is 16.3. The second kappa shape index (κ2) is 5.30. The zero-order valence-corrected chi connectivity index (χ0v) is 12.5. The van der Waals surface area contributed by atoms with Gasteiger partial charge in [-0.05, 0) is 43.2 Å². The lowest BCUT2D eigenvalue weighted by Gasteiger charge is -2.12. The Hall–Kier alpha value is -2.20. The molecule has 0 radical (unpaired) electrons. The third kappa shape index (κ3) is 2.54. The second-order valence-electron chi connectivity index (χ2n) is 5.45. The first kappa shape index (κ1) is 13.8. The molecule has 3 rings (SSSR count). The number of aliphatic hydroxyl groups is 1. The van der Waals surface area contributed by atoms with E-state index in [0.717, 1.165) is 33.4 Å². The van der Waals surface area contributed by atoms with Crippen molar-refractivity contribution in [3.8, 4) is 0 Å². The monoisotopic (exact) mass is 281 g/mol. The van der Waals surface area contributed by atoms with Gasteiger partial charge in [-0.15, -0.1) is 0 Å². The molecule has 4 nitrogen and oxygen atoms in total. The Balaban J connectivity index is 1.91. The molecule has 1 unspecified atom stereocenters. The maximum absolute atomic E-state index is 10.5. The summed E-state index contributed by atoms with van der Waals surface area (Å²) in [5.74, 6) is 0. The first-order valence-electron chi connectivity index (χ1n) is 7.08. The molecule has 1 atom stereocenters. The van der Waals surface area contributed by atoms with Gasteiger partial charge in [-0.3, -0.25) is 9.67 Å². The average molecular weight is 281 g/mol. The van der Waals surface area contributed by atoms with Gasteiger partial charge >= 0.3 is 0 Å². The Morgan fingerprint density at radius 2 is 2.05 bits per heavy atom. The fourth-order valence-electron chi connectivity index (χ4n) is 2.73. The minimum absolute atomic E-state index is 0.531. The van der Waals surface area contributed by atoms with Crippen LogP contribution in [0.4, 0.5) is 0 Å². The summed E-state index contributed by atoms with van der Waals surface area (Å²) in [4.78, 5) is 4.30. The van der Waals surface area contributed by atoms with Gasteiger partial charge < -0.3 is 5.11 Å². The van der Waals surface area contributed by atoms with Crippen LogP contribution in [0.3, 0.4) is 0 Å². The molecule has 1 N–H and O–H groups in total. The van der Waals surface area contributed by atoms with Crippen LogP contribution in [0, 0.1) is 13.8 Å². The standard InChI is InChI=1S/C17H19N3O/c1-11-15(12(2)20(3)19-11)10-17(21)14-6-7-16-13(9-14)5-4-8-18-16/h4-9,17,21H,10H2,1-3H3. The van der Waals surface area contributed by atoms with Crippen molar-refractivity contribution in [1.29, 1.82) is 0 Å². The van der Waals surface area contributed by atoms with Crippen LogP contribution in [0.25, 0.3) is 10.9 Å². The Labute approximate surface area is 124 Å². The van der Waals surface area contributed by atoms with Gasteiger partial charge in [0.15, 0.2) is 0 Å². The molecule has 0 amide bonds. The van der Waals surface area contributed by atoms with Crippen LogP contribution in [0.2, 0.25) is 0 Å². The lowest BCUT2D eigenvalue weighted by molar-refractivity contribution is 0.178. The zero-order valence-electron chi connectivity index (χ0n) is 12.5. The molecule has 0 bridgehead atoms. The first-order chi connectivity index (χ1) is 10.1. The van der Waals surface area contributed by atoms with Crippen molar-refractivity contribution >= 4 is 10.9 Å². The van der Waals surface area contributed by atoms with Crippen LogP contribution < -0.4 is 0 Å². The summed E-state index contributed by atoms with van der Waals surface area (Å²) in [6, 6.07) is 9.83. The highest BCUT2D eigenvalue weighted by Gasteiger charge is 2.16. The van der Waals surface area contributed by atoms with Crippen molar-refractivity contribution in [1.82, 2.24) is 14.8 Å². The maximum atomic E-state index is 10.5. The third-order valence-corrected chi connectivity index (χ3v) is 4.07. The topological polar surface area (TPSA) is 50.9 Å². The van der Waals surface area contributed by atoms with Crippen LogP contribution >= 0.6 is 0 Å². The van der Waals surface area contributed by atoms with Crippen molar-refractivity contribution < 1.29 is 5.11 Å². The van der Waals surface area contributed by atoms with E-state index in [4.69, 9.17) is 0 Å². The fourth-order valence-corrected chi connectivity index (χ4v) is 2.73. The number of aliphatic hydroxyl groups excluding tert-OH is 1. The second-order valence-corrected chi connectivity index (χ2v) is 5.45. The van der Waals surface area contributed by atoms with Crippen LogP contribution in [-0.2, 0) is 13.5 Å². The summed E-state index contributed by atoms with van der Waals surface area (Å²) >= 11 is 0. The highest BCUT2D eigenvalue weighted by Crippen LogP contribution is 2.24. The molecule has 0 aliphatic heterocycles. The molecule has 0 saturated heterocycles. The predicted octanol–water partition coefficient (Wildman–Crippen LogP) is 2.86. The van der Waals surface area contributed by atoms with E-state index in [1.807, 2.05) is 55.9 Å². The number of nitrogens with zero attached hydrogens (tertiary/aromatic N) is 3. The highest BCUT2D eigenvalue weighted by molar-refractivity contribution is 5.79. The summed E-state index contributed by atoms with van der Waals surface area (Å²) in [5.41, 5.74) is 5.07. The molecule has 0 spiro atoms. The van der Waals surface area contributed by atoms with Crippen molar-refractivity contribution in [3.05, 3.63) is 59.0 Å². The normalized spacial score (nSPS) is 12.8. The van der Waals surface area contributed by atoms with Gasteiger partial charge in [-0.2, -0.15) is 5.10 Å². The van der Waals surface area contributed by atoms with Crippen molar-refractivity contribution in [2.24, 2.45) is 7.05 Å². The number of benzene rings is 1. The minimum atomic E-state index is -0.531. The van der Waals surface area contributed by atoms with Crippen molar-refractivity contribution in [2.75, 3.05) is 0 Å². The number of pyridine rings is 1. The van der Waals surface area contributed by atoms with Crippen LogP contribution in [0.5, 0.6) is 0 Å². The molecule has 21 heavy (non-hydrogen) atoms. The largest absolute Gasteiger partial charge is 0.388 e. The summed E-state index contributed by atoms with van der Waals surface area (Å²) in [5, 5.41) is 16.0. The number of fused-ring (bicyclic) bond motifs is 1. The number of aryl methyl sites for hydroxylation is 2. The minimum Gasteiger partial charge on any atom is -0.388 e. The molecule has 4 heteroatoms. The van der Waals surface area contributed by atoms with E-state index in [9.17, 15) is 5.11 Å². The van der Waals surface area contributed by atoms with Crippen LogP contribution in [0.15, 0.2) is 36.5 Å². The van der Waals surface area contributed by atoms with E-state index in [2.05, 4.69) is 10.1 Å². The van der Waals surface area contributed by atoms with Crippen molar-refractivity contribution in [2.45, 2.75) is 26.4 Å². The Morgan fingerprint density at radius 1 is 1.24 bits per heavy atom. The van der Waals surface area contributed by atoms with Gasteiger partial charge in [0.1, 0.15) is 0 Å². The van der Waals surface area contributed by atoms with E-state index in [1.54, 1.807) is 6.20 Å². The van der Waals surface area contributed by atoms with Gasteiger partial charge in [0.2, 0.25) is 0 Å². The molecule has 1 aromatic carbocycles. The SMILES string of the molecule is Cc1nn(C)c(C)c1CC(O)c1ccc2ncccc2c1. The molecule has 2 aromatic heterocycles. The Bertz CT molecular complexity index is 792. The van der Waals surface area contributed by atoms with E-state index in [-0.39, 0.29) is 0 Å². The summed E-state index contributed by atoms with van der Waals surface area (Å²) < 4.78 is 1.86. The van der Waals surface area contributed by atoms with Crippen LogP contribution in [-0.4, -0.2) is 19.9 Å². The Morgan fingerprint density at radius 3 is 2.76 bits per heavy atom. The van der Waals surface area contributed by atoms with Crippen LogP contribution in [0.1, 0.15) is 28.6 Å². The number of hydrogen-bond acceptors (Lipinski definition) is 3. The summed E-state index contributed by atoms with van der Waals surface area (Å²) in [7, 11) is 1.93. The van der Waals surface area contributed by atoms with E-state index in [1.165, 1.54) is 0 Å². The molecule has 0 aliphatic rings. The van der Waals surface area contributed by atoms with Gasteiger partial charge in [0, 0.05) is 30.7 Å². The molecule has 108 valence electrons. The van der Waals surface area contributed by atoms with Gasteiger partial charge in [-0.25, -0.2) is 0 Å². The fraction of sp³-hybridized carbons (Fsp3) is 0.294. The molecule has 0 aliphatic carbocycles. The zero-order chi connectivity index (χ0) is 15.0. The smallest absolute Gasteiger partial charge is 0.0831 e. The lowest BCUT2D eigenvalue weighted by atomic mass is 9.99. The average Bonchev–Trinajstić information content (AvgIpc) is 2.73. The molecular formula is C17H19N3O. The predicted molar refractivity (Wildman–Crippen MR) is 83.1 cm³/mol. The molecule has 0 fully saturated rings. The van der Waals surface area contributed by atoms with Gasteiger partial charge in [-0.1, -0.05) is 12.1 Å². The maximum Gasteiger partial charge on any atom is 0.0831 e. The van der Waals surface area contributed by atoms with E-state index < -0.39 is 6.10 Å². The number of rotatable bonds is 3. The third-order valence-electron chi connectivity index (χ3n) is 4.07. The van der Waals surface area contributed by atoms with Gasteiger partial charge in [0.05, 0.1) is 17.3 Å². The molecule has 2 heterocycles. The van der Waals surface area contributed by atoms with E-state index >= 15 is 0 Å². The first-order valence-corrected chi connectivity index (χ1v) is 7.08. The number of hydrogen-bond donors (Lipinski definition) is 1. The van der Waals surface area contributed by atoms with Crippen molar-refractivity contribution in [3.63, 3.8) is 0 Å². The summed E-state index contributed by atoms with van der Waals surface area (Å²) in [6.45, 7) is 4.02. The molecule has 3 aromatic rings. The molecular weight excluding hydrogens is 262 g/mol. The lowest BCUT2D eigenvalue weighted by Crippen LogP contribution is -2.04. The quantitative estimate of drug-likeness (QED) is 0.803. The van der Waals surface area contributed by atoms with Gasteiger partial charge in [0.25, 0.3) is 0 Å². The number of aromatic nitrogens is 3. The molecule has 0 saturated carbocycles. The summed E-state index contributed by atoms with van der Waals surface area (Å²) in [6.07, 6.45) is 1.83. The Kier molecular flexibility index (Phi) is 3.47. The van der Waals surface area contributed by atoms with E-state index in [0.29, 0.717) is 6.42 Å².